The van der Waals surface area contributed by atoms with Crippen LogP contribution in [0, 0.1) is 12.8 Å². The minimum atomic E-state index is 0.739. The van der Waals surface area contributed by atoms with Crippen LogP contribution < -0.4 is 5.32 Å². The van der Waals surface area contributed by atoms with Gasteiger partial charge in [-0.1, -0.05) is 13.8 Å². The molecule has 0 atom stereocenters. The van der Waals surface area contributed by atoms with Crippen LogP contribution >= 0.6 is 0 Å². The van der Waals surface area contributed by atoms with Crippen molar-refractivity contribution in [3.8, 4) is 0 Å². The third-order valence-corrected chi connectivity index (χ3v) is 4.32. The van der Waals surface area contributed by atoms with Crippen molar-refractivity contribution in [2.24, 2.45) is 10.9 Å². The number of aryl methyl sites for hydroxylation is 1. The molecule has 0 amide bonds. The van der Waals surface area contributed by atoms with Crippen LogP contribution in [0.2, 0.25) is 0 Å². The van der Waals surface area contributed by atoms with E-state index in [-0.39, 0.29) is 0 Å². The van der Waals surface area contributed by atoms with E-state index in [1.807, 2.05) is 19.4 Å². The number of hydrogen-bond donors (Lipinski definition) is 1. The summed E-state index contributed by atoms with van der Waals surface area (Å²) in [5.74, 6) is 1.77. The van der Waals surface area contributed by atoms with E-state index >= 15 is 0 Å². The molecule has 0 radical (unpaired) electrons. The Balaban J connectivity index is 1.77. The molecule has 2 heterocycles. The number of pyridine rings is 1. The van der Waals surface area contributed by atoms with E-state index in [0.29, 0.717) is 0 Å². The maximum Gasteiger partial charge on any atom is 0.193 e. The summed E-state index contributed by atoms with van der Waals surface area (Å²) in [6.07, 6.45) is 4.80. The number of nitrogens with one attached hydrogen (secondary N) is 1. The SMILES string of the molecule is CN=C(NCCc1ccncc1C)N1CCN(CC(C)C)CC1. The Bertz CT molecular complexity index is 504. The molecule has 1 aliphatic rings. The lowest BCUT2D eigenvalue weighted by molar-refractivity contribution is 0.164. The molecule has 5 nitrogen and oxygen atoms in total. The van der Waals surface area contributed by atoms with Crippen LogP contribution in [0.1, 0.15) is 25.0 Å². The second kappa shape index (κ2) is 8.87. The Morgan fingerprint density at radius 2 is 2.04 bits per heavy atom. The predicted molar refractivity (Wildman–Crippen MR) is 96.9 cm³/mol. The van der Waals surface area contributed by atoms with Crippen LogP contribution in [0.15, 0.2) is 23.5 Å². The van der Waals surface area contributed by atoms with Gasteiger partial charge in [-0.3, -0.25) is 14.9 Å². The fourth-order valence-electron chi connectivity index (χ4n) is 3.08. The highest BCUT2D eigenvalue weighted by Crippen LogP contribution is 2.07. The Kier molecular flexibility index (Phi) is 6.84. The number of piperazine rings is 1. The van der Waals surface area contributed by atoms with Gasteiger partial charge in [-0.25, -0.2) is 0 Å². The minimum Gasteiger partial charge on any atom is -0.356 e. The molecule has 1 saturated heterocycles. The largest absolute Gasteiger partial charge is 0.356 e. The molecular weight excluding hydrogens is 286 g/mol. The lowest BCUT2D eigenvalue weighted by Gasteiger charge is -2.37. The maximum atomic E-state index is 4.45. The summed E-state index contributed by atoms with van der Waals surface area (Å²) >= 11 is 0. The lowest BCUT2D eigenvalue weighted by Crippen LogP contribution is -2.53. The zero-order chi connectivity index (χ0) is 16.7. The van der Waals surface area contributed by atoms with Crippen molar-refractivity contribution in [1.82, 2.24) is 20.1 Å². The molecule has 23 heavy (non-hydrogen) atoms. The predicted octanol–water partition coefficient (Wildman–Crippen LogP) is 1.78. The van der Waals surface area contributed by atoms with Crippen molar-refractivity contribution in [2.45, 2.75) is 27.2 Å². The Hall–Kier alpha value is -1.62. The van der Waals surface area contributed by atoms with Crippen molar-refractivity contribution < 1.29 is 0 Å². The number of guanidine groups is 1. The standard InChI is InChI=1S/C18H31N5/c1-15(2)14-22-9-11-23(12-10-22)18(19-4)21-8-6-17-5-7-20-13-16(17)3/h5,7,13,15H,6,8-12,14H2,1-4H3,(H,19,21). The highest BCUT2D eigenvalue weighted by atomic mass is 15.3. The van der Waals surface area contributed by atoms with Crippen LogP contribution in [0.3, 0.4) is 0 Å². The monoisotopic (exact) mass is 317 g/mol. The number of aliphatic imine (C=N–C) groups is 1. The van der Waals surface area contributed by atoms with E-state index in [9.17, 15) is 0 Å². The van der Waals surface area contributed by atoms with Crippen molar-refractivity contribution >= 4 is 5.96 Å². The smallest absolute Gasteiger partial charge is 0.193 e. The Labute approximate surface area is 140 Å². The molecule has 1 aliphatic heterocycles. The summed E-state index contributed by atoms with van der Waals surface area (Å²) in [5.41, 5.74) is 2.61. The quantitative estimate of drug-likeness (QED) is 0.664. The van der Waals surface area contributed by atoms with Crippen LogP contribution in [-0.4, -0.2) is 67.1 Å². The topological polar surface area (TPSA) is 43.8 Å². The molecule has 1 aromatic heterocycles. The van der Waals surface area contributed by atoms with E-state index in [0.717, 1.165) is 51.0 Å². The average molecular weight is 317 g/mol. The molecule has 128 valence electrons. The van der Waals surface area contributed by atoms with Gasteiger partial charge in [0.15, 0.2) is 5.96 Å². The molecular formula is C18H31N5. The minimum absolute atomic E-state index is 0.739. The van der Waals surface area contributed by atoms with Gasteiger partial charge in [0.1, 0.15) is 0 Å². The van der Waals surface area contributed by atoms with Crippen LogP contribution in [0.5, 0.6) is 0 Å². The highest BCUT2D eigenvalue weighted by molar-refractivity contribution is 5.80. The van der Waals surface area contributed by atoms with E-state index < -0.39 is 0 Å². The van der Waals surface area contributed by atoms with E-state index in [2.05, 4.69) is 51.9 Å². The molecule has 1 N–H and O–H groups in total. The highest BCUT2D eigenvalue weighted by Gasteiger charge is 2.19. The van der Waals surface area contributed by atoms with Gasteiger partial charge in [0, 0.05) is 58.7 Å². The second-order valence-electron chi connectivity index (χ2n) is 6.71. The normalized spacial score (nSPS) is 16.9. The van der Waals surface area contributed by atoms with Gasteiger partial charge in [0.2, 0.25) is 0 Å². The average Bonchev–Trinajstić information content (AvgIpc) is 2.54. The summed E-state index contributed by atoms with van der Waals surface area (Å²) in [6.45, 7) is 13.2. The van der Waals surface area contributed by atoms with Crippen LogP contribution in [0.4, 0.5) is 0 Å². The first kappa shape index (κ1) is 17.7. The summed E-state index contributed by atoms with van der Waals surface area (Å²) in [7, 11) is 1.88. The van der Waals surface area contributed by atoms with Gasteiger partial charge >= 0.3 is 0 Å². The van der Waals surface area contributed by atoms with Gasteiger partial charge < -0.3 is 10.2 Å². The molecule has 0 bridgehead atoms. The summed E-state index contributed by atoms with van der Waals surface area (Å²) in [4.78, 5) is 13.5. The fraction of sp³-hybridized carbons (Fsp3) is 0.667. The summed E-state index contributed by atoms with van der Waals surface area (Å²) < 4.78 is 0. The number of rotatable bonds is 5. The molecule has 0 aliphatic carbocycles. The van der Waals surface area contributed by atoms with Crippen molar-refractivity contribution in [3.05, 3.63) is 29.6 Å². The molecule has 1 aromatic rings. The van der Waals surface area contributed by atoms with E-state index in [1.165, 1.54) is 17.7 Å². The Morgan fingerprint density at radius 1 is 1.30 bits per heavy atom. The van der Waals surface area contributed by atoms with Gasteiger partial charge in [-0.2, -0.15) is 0 Å². The second-order valence-corrected chi connectivity index (χ2v) is 6.71. The third kappa shape index (κ3) is 5.50. The fourth-order valence-corrected chi connectivity index (χ4v) is 3.08. The van der Waals surface area contributed by atoms with Crippen molar-refractivity contribution in [3.63, 3.8) is 0 Å². The molecule has 1 fully saturated rings. The molecule has 0 unspecified atom stereocenters. The van der Waals surface area contributed by atoms with E-state index in [4.69, 9.17) is 0 Å². The van der Waals surface area contributed by atoms with E-state index in [1.54, 1.807) is 0 Å². The van der Waals surface area contributed by atoms with Crippen LogP contribution in [0.25, 0.3) is 0 Å². The van der Waals surface area contributed by atoms with Gasteiger partial charge in [0.25, 0.3) is 0 Å². The zero-order valence-corrected chi connectivity index (χ0v) is 15.0. The molecule has 2 rings (SSSR count). The summed E-state index contributed by atoms with van der Waals surface area (Å²) in [5, 5.41) is 3.51. The van der Waals surface area contributed by atoms with Gasteiger partial charge in [-0.05, 0) is 36.5 Å². The first-order valence-corrected chi connectivity index (χ1v) is 8.67. The maximum absolute atomic E-state index is 4.45. The molecule has 0 spiro atoms. The molecule has 0 aromatic carbocycles. The van der Waals surface area contributed by atoms with Gasteiger partial charge in [0.05, 0.1) is 0 Å². The molecule has 5 heteroatoms. The number of hydrogen-bond acceptors (Lipinski definition) is 3. The van der Waals surface area contributed by atoms with Crippen molar-refractivity contribution in [2.75, 3.05) is 46.3 Å². The van der Waals surface area contributed by atoms with Crippen LogP contribution in [-0.2, 0) is 6.42 Å². The number of aromatic nitrogens is 1. The van der Waals surface area contributed by atoms with Crippen molar-refractivity contribution in [1.29, 1.82) is 0 Å². The lowest BCUT2D eigenvalue weighted by atomic mass is 10.1. The third-order valence-electron chi connectivity index (χ3n) is 4.32. The first-order chi connectivity index (χ1) is 11.1. The summed E-state index contributed by atoms with van der Waals surface area (Å²) in [6, 6.07) is 2.10. The van der Waals surface area contributed by atoms with Gasteiger partial charge in [-0.15, -0.1) is 0 Å². The molecule has 0 saturated carbocycles. The Morgan fingerprint density at radius 3 is 2.65 bits per heavy atom. The first-order valence-electron chi connectivity index (χ1n) is 8.67. The number of nitrogens with zero attached hydrogens (tertiary/aromatic N) is 4. The zero-order valence-electron chi connectivity index (χ0n) is 15.0.